The second kappa shape index (κ2) is 17.9. The van der Waals surface area contributed by atoms with E-state index in [1.54, 1.807) is 34.4 Å². The van der Waals surface area contributed by atoms with Gasteiger partial charge in [0.25, 0.3) is 5.23 Å². The average Bonchev–Trinajstić information content (AvgIpc) is 3.83. The average molecular weight is 929 g/mol. The highest BCUT2D eigenvalue weighted by molar-refractivity contribution is 8.14. The van der Waals surface area contributed by atoms with Gasteiger partial charge in [0, 0.05) is 36.6 Å². The lowest BCUT2D eigenvalue weighted by molar-refractivity contribution is -0.228. The SMILES string of the molecule is C=C1OC(C)(C)c2cc(-c3ccc(C#N)n3C)ccc2N1[C@@H]1O[C@H](C(=O)O)[C@@H](O)[C@H](O)[C@H]1O.Cn1c(C#N)ccc1-c1ccc2c(c1)C(C)(C)OC(S[C@@H]1O[C@H](C(=O)O)[C@@H](O)[C@H](O)[C@H]1O)=N2. The molecule has 21 heteroatoms. The Kier molecular flexibility index (Phi) is 12.9. The molecule has 0 radical (unpaired) electrons. The first-order valence-electron chi connectivity index (χ1n) is 20.4. The molecule has 2 aromatic heterocycles. The number of aliphatic hydroxyl groups is 6. The van der Waals surface area contributed by atoms with Gasteiger partial charge in [-0.15, -0.1) is 0 Å². The Hall–Kier alpha value is -6.24. The Labute approximate surface area is 382 Å². The predicted molar refractivity (Wildman–Crippen MR) is 234 cm³/mol. The van der Waals surface area contributed by atoms with Crippen molar-refractivity contribution >= 4 is 40.3 Å². The van der Waals surface area contributed by atoms with E-state index in [-0.39, 0.29) is 11.1 Å². The molecule has 0 unspecified atom stereocenters. The highest BCUT2D eigenvalue weighted by Crippen LogP contribution is 2.46. The number of aliphatic carboxylic acids is 2. The van der Waals surface area contributed by atoms with E-state index in [4.69, 9.17) is 18.9 Å². The number of rotatable bonds is 6. The third kappa shape index (κ3) is 8.52. The summed E-state index contributed by atoms with van der Waals surface area (Å²) in [4.78, 5) is 28.8. The van der Waals surface area contributed by atoms with Crippen LogP contribution >= 0.6 is 11.8 Å². The van der Waals surface area contributed by atoms with Crippen molar-refractivity contribution in [2.75, 3.05) is 4.90 Å². The van der Waals surface area contributed by atoms with Gasteiger partial charge in [0.15, 0.2) is 24.3 Å². The minimum atomic E-state index is -1.81. The number of fused-ring (bicyclic) bond motifs is 2. The van der Waals surface area contributed by atoms with Crippen molar-refractivity contribution in [3.63, 3.8) is 0 Å². The Morgan fingerprint density at radius 3 is 1.71 bits per heavy atom. The maximum absolute atomic E-state index is 11.6. The molecule has 10 atom stereocenters. The second-order valence-corrected chi connectivity index (χ2v) is 18.0. The summed E-state index contributed by atoms with van der Waals surface area (Å²) < 4.78 is 26.4. The largest absolute Gasteiger partial charge is 0.479 e. The fourth-order valence-electron chi connectivity index (χ4n) is 8.27. The number of ether oxygens (including phenoxy) is 4. The maximum Gasteiger partial charge on any atom is 0.335 e. The Balaban J connectivity index is 0.000000196. The maximum atomic E-state index is 11.6. The molecule has 0 bridgehead atoms. The second-order valence-electron chi connectivity index (χ2n) is 17.0. The zero-order valence-corrected chi connectivity index (χ0v) is 37.2. The molecule has 4 aliphatic heterocycles. The highest BCUT2D eigenvalue weighted by atomic mass is 32.2. The van der Waals surface area contributed by atoms with Crippen molar-refractivity contribution in [3.8, 4) is 34.7 Å². The van der Waals surface area contributed by atoms with Crippen molar-refractivity contribution in [2.24, 2.45) is 19.1 Å². The Bertz CT molecular complexity index is 2700. The fraction of sp³-hybridized carbons (Fsp3) is 0.400. The van der Waals surface area contributed by atoms with Crippen LogP contribution < -0.4 is 4.90 Å². The van der Waals surface area contributed by atoms with Crippen LogP contribution in [0.15, 0.2) is 78.1 Å². The summed E-state index contributed by atoms with van der Waals surface area (Å²) in [6.45, 7) is 11.3. The molecule has 2 aromatic carbocycles. The molecule has 20 nitrogen and oxygen atoms in total. The van der Waals surface area contributed by atoms with E-state index < -0.39 is 83.6 Å². The van der Waals surface area contributed by atoms with Crippen LogP contribution in [0.4, 0.5) is 11.4 Å². The summed E-state index contributed by atoms with van der Waals surface area (Å²) in [5.74, 6) is -2.85. The van der Waals surface area contributed by atoms with E-state index in [1.807, 2.05) is 77.2 Å². The molecule has 0 aliphatic carbocycles. The highest BCUT2D eigenvalue weighted by Gasteiger charge is 2.52. The quantitative estimate of drug-likeness (QED) is 0.138. The number of carbonyl (C=O) groups is 2. The molecule has 4 aliphatic rings. The first-order valence-corrected chi connectivity index (χ1v) is 21.3. The summed E-state index contributed by atoms with van der Waals surface area (Å²) in [6.07, 6.45) is -15.1. The van der Waals surface area contributed by atoms with Gasteiger partial charge in [-0.05, 0) is 106 Å². The van der Waals surface area contributed by atoms with E-state index in [0.29, 0.717) is 28.3 Å². The van der Waals surface area contributed by atoms with E-state index in [0.717, 1.165) is 39.8 Å². The normalized spacial score (nSPS) is 28.4. The zero-order valence-electron chi connectivity index (χ0n) is 36.4. The first kappa shape index (κ1) is 47.7. The van der Waals surface area contributed by atoms with Crippen LogP contribution in [0.3, 0.4) is 0 Å². The molecule has 0 saturated carbocycles. The van der Waals surface area contributed by atoms with Gasteiger partial charge in [0.05, 0.1) is 11.4 Å². The van der Waals surface area contributed by atoms with Gasteiger partial charge in [-0.2, -0.15) is 10.5 Å². The molecule has 2 saturated heterocycles. The number of carboxylic acids is 2. The fourth-order valence-corrected chi connectivity index (χ4v) is 9.36. The third-order valence-electron chi connectivity index (χ3n) is 11.9. The smallest absolute Gasteiger partial charge is 0.335 e. The number of hydrogen-bond donors (Lipinski definition) is 8. The van der Waals surface area contributed by atoms with Crippen LogP contribution in [-0.4, -0.2) is 128 Å². The van der Waals surface area contributed by atoms with Gasteiger partial charge in [-0.1, -0.05) is 12.1 Å². The summed E-state index contributed by atoms with van der Waals surface area (Å²) in [5, 5.41) is 98.4. The number of nitrogens with zero attached hydrogens (tertiary/aromatic N) is 6. The molecule has 8 N–H and O–H groups in total. The van der Waals surface area contributed by atoms with Crippen molar-refractivity contribution in [2.45, 2.75) is 99.4 Å². The number of nitriles is 2. The summed E-state index contributed by atoms with van der Waals surface area (Å²) in [7, 11) is 3.60. The van der Waals surface area contributed by atoms with Crippen LogP contribution in [0, 0.1) is 22.7 Å². The van der Waals surface area contributed by atoms with Crippen LogP contribution in [0.1, 0.15) is 50.2 Å². The first-order chi connectivity index (χ1) is 31.0. The monoisotopic (exact) mass is 928 g/mol. The molecule has 2 fully saturated rings. The van der Waals surface area contributed by atoms with Gasteiger partial charge >= 0.3 is 11.9 Å². The number of aromatic nitrogens is 2. The number of benzene rings is 2. The number of anilines is 1. The van der Waals surface area contributed by atoms with Crippen LogP contribution in [-0.2, 0) is 53.8 Å². The Morgan fingerprint density at radius 2 is 1.18 bits per heavy atom. The van der Waals surface area contributed by atoms with Crippen molar-refractivity contribution in [1.82, 2.24) is 9.13 Å². The minimum absolute atomic E-state index is 0.0858. The van der Waals surface area contributed by atoms with Gasteiger partial charge in [0.2, 0.25) is 0 Å². The number of thioether (sulfide) groups is 1. The molecule has 4 aromatic rings. The topological polar surface area (TPSA) is 306 Å². The predicted octanol–water partition coefficient (Wildman–Crippen LogP) is 2.44. The number of carboxylic acid groups (broad SMARTS) is 2. The molecular weight excluding hydrogens is 881 g/mol. The summed E-state index contributed by atoms with van der Waals surface area (Å²) in [5.41, 5.74) is 4.15. The zero-order chi connectivity index (χ0) is 48.3. The summed E-state index contributed by atoms with van der Waals surface area (Å²) in [6, 6.07) is 22.5. The molecule has 348 valence electrons. The van der Waals surface area contributed by atoms with E-state index >= 15 is 0 Å². The molecule has 8 rings (SSSR count). The van der Waals surface area contributed by atoms with E-state index in [2.05, 4.69) is 23.7 Å². The standard InChI is InChI=1S/C23H25N3O7.C22H23N3O7S/c1-11-26(21-19(29)17(27)18(28)20(32-21)22(30)31)16-7-5-12(9-14(16)23(2,3)33-11)15-8-6-13(10-24)25(15)4;1-22(2)12-8-10(14-7-5-11(9-23)25(14)3)4-6-13(12)24-21(32-22)33-20-17(28)15(26)16(27)18(31-20)19(29)30/h5-9,17-21,27-29H,1H2,2-4H3,(H,30,31);4-8,15-18,20,26-28H,1-3H3,(H,29,30)/t17-,18-,19+,20-,21+;15-,16-,17+,18-,20-/m00/s1. The van der Waals surface area contributed by atoms with Crippen molar-refractivity contribution in [3.05, 3.63) is 95.6 Å². The molecule has 66 heavy (non-hydrogen) atoms. The van der Waals surface area contributed by atoms with Crippen molar-refractivity contribution in [1.29, 1.82) is 10.5 Å². The number of hydrogen-bond acceptors (Lipinski definition) is 17. The van der Waals surface area contributed by atoms with Gasteiger partial charge in [-0.25, -0.2) is 14.6 Å². The Morgan fingerprint density at radius 1 is 0.682 bits per heavy atom. The molecule has 0 amide bonds. The van der Waals surface area contributed by atoms with Gasteiger partial charge in [0.1, 0.15) is 76.8 Å². The number of aliphatic hydroxyl groups excluding tert-OH is 6. The lowest BCUT2D eigenvalue weighted by Gasteiger charge is -2.49. The van der Waals surface area contributed by atoms with Gasteiger partial charge < -0.3 is 68.9 Å². The molecule has 6 heterocycles. The number of aliphatic imine (C=N–C) groups is 1. The van der Waals surface area contributed by atoms with Crippen LogP contribution in [0.25, 0.3) is 22.5 Å². The lowest BCUT2D eigenvalue weighted by atomic mass is 9.90. The third-order valence-corrected chi connectivity index (χ3v) is 12.9. The van der Waals surface area contributed by atoms with E-state index in [1.165, 1.54) is 4.90 Å². The van der Waals surface area contributed by atoms with Crippen LogP contribution in [0.5, 0.6) is 0 Å². The van der Waals surface area contributed by atoms with Crippen molar-refractivity contribution < 1.29 is 69.4 Å². The van der Waals surface area contributed by atoms with E-state index in [9.17, 15) is 61.0 Å². The lowest BCUT2D eigenvalue weighted by Crippen LogP contribution is -2.64. The minimum Gasteiger partial charge on any atom is -0.479 e. The van der Waals surface area contributed by atoms with Crippen LogP contribution in [0.2, 0.25) is 0 Å². The van der Waals surface area contributed by atoms with Gasteiger partial charge in [-0.3, -0.25) is 4.90 Å². The molecular formula is C45H48N6O14S. The molecule has 0 spiro atoms. The summed E-state index contributed by atoms with van der Waals surface area (Å²) >= 11 is 0.833.